The van der Waals surface area contributed by atoms with Crippen LogP contribution in [0.5, 0.6) is 5.75 Å². The normalized spacial score (nSPS) is 15.8. The lowest BCUT2D eigenvalue weighted by Crippen LogP contribution is -1.97. The van der Waals surface area contributed by atoms with Gasteiger partial charge in [-0.3, -0.25) is 0 Å². The van der Waals surface area contributed by atoms with Crippen LogP contribution in [0.4, 0.5) is 4.39 Å². The van der Waals surface area contributed by atoms with Crippen molar-refractivity contribution in [1.82, 2.24) is 0 Å². The van der Waals surface area contributed by atoms with Gasteiger partial charge in [-0.05, 0) is 30.5 Å². The SMILES string of the molecule is OCc1cc(F)cc(OC2CC2)c1. The van der Waals surface area contributed by atoms with E-state index in [0.717, 1.165) is 12.8 Å². The fourth-order valence-electron chi connectivity index (χ4n) is 1.16. The molecule has 0 amide bonds. The molecule has 2 rings (SSSR count). The standard InChI is InChI=1S/C10H11FO2/c11-8-3-7(6-12)4-10(5-8)13-9-1-2-9/h3-5,9,12H,1-2,6H2. The average molecular weight is 182 g/mol. The Morgan fingerprint density at radius 3 is 2.77 bits per heavy atom. The van der Waals surface area contributed by atoms with Gasteiger partial charge >= 0.3 is 0 Å². The molecule has 1 aromatic carbocycles. The van der Waals surface area contributed by atoms with E-state index < -0.39 is 0 Å². The van der Waals surface area contributed by atoms with Crippen molar-refractivity contribution in [3.8, 4) is 5.75 Å². The number of aliphatic hydroxyl groups is 1. The first-order chi connectivity index (χ1) is 6.28. The largest absolute Gasteiger partial charge is 0.490 e. The third-order valence-corrected chi connectivity index (χ3v) is 1.94. The Morgan fingerprint density at radius 1 is 1.38 bits per heavy atom. The molecular weight excluding hydrogens is 171 g/mol. The maximum absolute atomic E-state index is 12.9. The van der Waals surface area contributed by atoms with Crippen molar-refractivity contribution in [1.29, 1.82) is 0 Å². The molecule has 0 radical (unpaired) electrons. The quantitative estimate of drug-likeness (QED) is 0.773. The van der Waals surface area contributed by atoms with Crippen LogP contribution in [0.15, 0.2) is 18.2 Å². The minimum absolute atomic E-state index is 0.154. The number of rotatable bonds is 3. The van der Waals surface area contributed by atoms with Crippen LogP contribution in [0.2, 0.25) is 0 Å². The monoisotopic (exact) mass is 182 g/mol. The van der Waals surface area contributed by atoms with Crippen LogP contribution >= 0.6 is 0 Å². The molecular formula is C10H11FO2. The van der Waals surface area contributed by atoms with Crippen LogP contribution in [0.3, 0.4) is 0 Å². The van der Waals surface area contributed by atoms with Crippen molar-refractivity contribution in [3.63, 3.8) is 0 Å². The first kappa shape index (κ1) is 8.51. The maximum atomic E-state index is 12.9. The molecule has 0 unspecified atom stereocenters. The van der Waals surface area contributed by atoms with E-state index in [-0.39, 0.29) is 18.5 Å². The molecule has 0 heterocycles. The Hall–Kier alpha value is -1.09. The third kappa shape index (κ3) is 2.18. The number of hydrogen-bond donors (Lipinski definition) is 1. The number of halogens is 1. The number of ether oxygens (including phenoxy) is 1. The summed E-state index contributed by atoms with van der Waals surface area (Å²) in [5.41, 5.74) is 0.552. The third-order valence-electron chi connectivity index (χ3n) is 1.94. The lowest BCUT2D eigenvalue weighted by Gasteiger charge is -2.05. The molecule has 1 fully saturated rings. The Balaban J connectivity index is 2.17. The summed E-state index contributed by atoms with van der Waals surface area (Å²) in [6.45, 7) is -0.154. The van der Waals surface area contributed by atoms with Crippen LogP contribution in [0, 0.1) is 5.82 Å². The van der Waals surface area contributed by atoms with E-state index in [4.69, 9.17) is 9.84 Å². The van der Waals surface area contributed by atoms with Crippen molar-refractivity contribution < 1.29 is 14.2 Å². The number of benzene rings is 1. The van der Waals surface area contributed by atoms with Crippen LogP contribution in [0.25, 0.3) is 0 Å². The van der Waals surface area contributed by atoms with Gasteiger partial charge in [0.15, 0.2) is 0 Å². The van der Waals surface area contributed by atoms with E-state index in [2.05, 4.69) is 0 Å². The Bertz CT molecular complexity index is 308. The van der Waals surface area contributed by atoms with E-state index in [1.807, 2.05) is 0 Å². The van der Waals surface area contributed by atoms with E-state index in [1.54, 1.807) is 6.07 Å². The first-order valence-corrected chi connectivity index (χ1v) is 4.35. The van der Waals surface area contributed by atoms with Crippen molar-refractivity contribution in [2.75, 3.05) is 0 Å². The minimum atomic E-state index is -0.359. The topological polar surface area (TPSA) is 29.5 Å². The van der Waals surface area contributed by atoms with Gasteiger partial charge in [-0.1, -0.05) is 0 Å². The van der Waals surface area contributed by atoms with Crippen molar-refractivity contribution in [2.45, 2.75) is 25.6 Å². The molecule has 1 aliphatic carbocycles. The second kappa shape index (κ2) is 3.34. The predicted molar refractivity (Wildman–Crippen MR) is 46.0 cm³/mol. The summed E-state index contributed by atoms with van der Waals surface area (Å²) in [6, 6.07) is 4.32. The van der Waals surface area contributed by atoms with Gasteiger partial charge in [-0.2, -0.15) is 0 Å². The highest BCUT2D eigenvalue weighted by molar-refractivity contribution is 5.29. The van der Waals surface area contributed by atoms with Gasteiger partial charge in [0.25, 0.3) is 0 Å². The van der Waals surface area contributed by atoms with E-state index >= 15 is 0 Å². The fourth-order valence-corrected chi connectivity index (χ4v) is 1.16. The molecule has 13 heavy (non-hydrogen) atoms. The summed E-state index contributed by atoms with van der Waals surface area (Å²) in [6.07, 6.45) is 2.35. The van der Waals surface area contributed by atoms with Crippen molar-refractivity contribution >= 4 is 0 Å². The number of hydrogen-bond acceptors (Lipinski definition) is 2. The van der Waals surface area contributed by atoms with Crippen LogP contribution in [0.1, 0.15) is 18.4 Å². The zero-order valence-electron chi connectivity index (χ0n) is 7.16. The smallest absolute Gasteiger partial charge is 0.127 e. The fraction of sp³-hybridized carbons (Fsp3) is 0.400. The zero-order chi connectivity index (χ0) is 9.26. The van der Waals surface area contributed by atoms with Gasteiger partial charge in [0.2, 0.25) is 0 Å². The number of aliphatic hydroxyl groups excluding tert-OH is 1. The Labute approximate surface area is 76.0 Å². The van der Waals surface area contributed by atoms with Gasteiger partial charge in [0, 0.05) is 6.07 Å². The van der Waals surface area contributed by atoms with Crippen molar-refractivity contribution in [2.24, 2.45) is 0 Å². The molecule has 3 heteroatoms. The highest BCUT2D eigenvalue weighted by atomic mass is 19.1. The molecule has 2 nitrogen and oxygen atoms in total. The molecule has 0 aromatic heterocycles. The van der Waals surface area contributed by atoms with Crippen LogP contribution < -0.4 is 4.74 Å². The molecule has 1 saturated carbocycles. The zero-order valence-corrected chi connectivity index (χ0v) is 7.16. The molecule has 70 valence electrons. The highest BCUT2D eigenvalue weighted by Crippen LogP contribution is 2.27. The second-order valence-electron chi connectivity index (χ2n) is 3.27. The summed E-state index contributed by atoms with van der Waals surface area (Å²) in [5.74, 6) is 0.161. The van der Waals surface area contributed by atoms with Gasteiger partial charge < -0.3 is 9.84 Å². The molecule has 1 N–H and O–H groups in total. The first-order valence-electron chi connectivity index (χ1n) is 4.35. The summed E-state index contributed by atoms with van der Waals surface area (Å²) >= 11 is 0. The molecule has 0 saturated heterocycles. The maximum Gasteiger partial charge on any atom is 0.127 e. The summed E-state index contributed by atoms with van der Waals surface area (Å²) < 4.78 is 18.3. The molecule has 0 bridgehead atoms. The summed E-state index contributed by atoms with van der Waals surface area (Å²) in [4.78, 5) is 0. The summed E-state index contributed by atoms with van der Waals surface area (Å²) in [5, 5.41) is 8.81. The lowest BCUT2D eigenvalue weighted by atomic mass is 10.2. The molecule has 0 atom stereocenters. The minimum Gasteiger partial charge on any atom is -0.490 e. The summed E-state index contributed by atoms with van der Waals surface area (Å²) in [7, 11) is 0. The molecule has 1 aliphatic rings. The van der Waals surface area contributed by atoms with Crippen LogP contribution in [-0.2, 0) is 6.61 Å². The Kier molecular flexibility index (Phi) is 2.19. The molecule has 1 aromatic rings. The molecule has 0 spiro atoms. The predicted octanol–water partition coefficient (Wildman–Crippen LogP) is 1.86. The van der Waals surface area contributed by atoms with E-state index in [0.29, 0.717) is 11.3 Å². The Morgan fingerprint density at radius 2 is 2.15 bits per heavy atom. The van der Waals surface area contributed by atoms with E-state index in [9.17, 15) is 4.39 Å². The van der Waals surface area contributed by atoms with Gasteiger partial charge in [0.1, 0.15) is 11.6 Å². The van der Waals surface area contributed by atoms with Gasteiger partial charge in [-0.15, -0.1) is 0 Å². The van der Waals surface area contributed by atoms with Crippen molar-refractivity contribution in [3.05, 3.63) is 29.6 Å². The second-order valence-corrected chi connectivity index (χ2v) is 3.27. The van der Waals surface area contributed by atoms with Gasteiger partial charge in [-0.25, -0.2) is 4.39 Å². The highest BCUT2D eigenvalue weighted by Gasteiger charge is 2.23. The lowest BCUT2D eigenvalue weighted by molar-refractivity contribution is 0.276. The molecule has 0 aliphatic heterocycles. The van der Waals surface area contributed by atoms with Gasteiger partial charge in [0.05, 0.1) is 12.7 Å². The van der Waals surface area contributed by atoms with E-state index in [1.165, 1.54) is 12.1 Å². The average Bonchev–Trinajstić information content (AvgIpc) is 2.87. The van der Waals surface area contributed by atoms with Crippen LogP contribution in [-0.4, -0.2) is 11.2 Å².